The second kappa shape index (κ2) is 8.69. The van der Waals surface area contributed by atoms with Crippen molar-refractivity contribution in [3.8, 4) is 17.0 Å². The Morgan fingerprint density at radius 2 is 1.93 bits per heavy atom. The van der Waals surface area contributed by atoms with Gasteiger partial charge in [-0.3, -0.25) is 4.79 Å². The molecule has 0 bridgehead atoms. The van der Waals surface area contributed by atoms with E-state index in [0.29, 0.717) is 35.8 Å². The molecule has 2 aromatic carbocycles. The molecule has 0 aliphatic heterocycles. The highest BCUT2D eigenvalue weighted by molar-refractivity contribution is 5.67. The molecule has 30 heavy (non-hydrogen) atoms. The molecule has 5 nitrogen and oxygen atoms in total. The lowest BCUT2D eigenvalue weighted by atomic mass is 9.97. The van der Waals surface area contributed by atoms with Crippen LogP contribution in [0.15, 0.2) is 47.0 Å². The third-order valence-corrected chi connectivity index (χ3v) is 5.48. The summed E-state index contributed by atoms with van der Waals surface area (Å²) in [5, 5.41) is 13.1. The number of ether oxygens (including phenoxy) is 1. The van der Waals surface area contributed by atoms with Crippen LogP contribution >= 0.6 is 0 Å². The van der Waals surface area contributed by atoms with Gasteiger partial charge in [-0.2, -0.15) is 0 Å². The van der Waals surface area contributed by atoms with E-state index in [2.05, 4.69) is 5.16 Å². The van der Waals surface area contributed by atoms with Crippen LogP contribution in [0, 0.1) is 5.82 Å². The third kappa shape index (κ3) is 4.53. The minimum atomic E-state index is -0.798. The monoisotopic (exact) mass is 409 g/mol. The first-order valence-corrected chi connectivity index (χ1v) is 10.2. The number of methoxy groups -OCH3 is 1. The molecule has 1 N–H and O–H groups in total. The van der Waals surface area contributed by atoms with Crippen molar-refractivity contribution in [2.75, 3.05) is 7.11 Å². The van der Waals surface area contributed by atoms with Crippen molar-refractivity contribution in [1.82, 2.24) is 5.16 Å². The van der Waals surface area contributed by atoms with Crippen LogP contribution in [0.1, 0.15) is 47.6 Å². The Bertz CT molecular complexity index is 1060. The summed E-state index contributed by atoms with van der Waals surface area (Å²) < 4.78 is 25.4. The number of aryl methyl sites for hydroxylation is 3. The lowest BCUT2D eigenvalue weighted by Crippen LogP contribution is -1.99. The van der Waals surface area contributed by atoms with Crippen molar-refractivity contribution in [2.24, 2.45) is 0 Å². The van der Waals surface area contributed by atoms with Crippen molar-refractivity contribution in [1.29, 1.82) is 0 Å². The predicted octanol–water partition coefficient (Wildman–Crippen LogP) is 5.17. The Morgan fingerprint density at radius 3 is 2.63 bits per heavy atom. The van der Waals surface area contributed by atoms with Crippen LogP contribution in [0.5, 0.6) is 5.75 Å². The van der Waals surface area contributed by atoms with Crippen molar-refractivity contribution in [2.45, 2.75) is 44.4 Å². The average molecular weight is 409 g/mol. The van der Waals surface area contributed by atoms with Gasteiger partial charge in [0.05, 0.1) is 7.11 Å². The number of carbonyl (C=O) groups is 1. The maximum atomic E-state index is 14.5. The lowest BCUT2D eigenvalue weighted by Gasteiger charge is -2.07. The maximum Gasteiger partial charge on any atom is 0.303 e. The number of hydrogen-bond acceptors (Lipinski definition) is 4. The van der Waals surface area contributed by atoms with Crippen LogP contribution in [-0.4, -0.2) is 23.3 Å². The number of rotatable bonds is 9. The van der Waals surface area contributed by atoms with Gasteiger partial charge in [-0.1, -0.05) is 29.4 Å². The van der Waals surface area contributed by atoms with Gasteiger partial charge >= 0.3 is 5.97 Å². The first-order chi connectivity index (χ1) is 14.5. The first kappa shape index (κ1) is 20.1. The molecule has 0 unspecified atom stereocenters. The van der Waals surface area contributed by atoms with E-state index in [0.717, 1.165) is 41.7 Å². The van der Waals surface area contributed by atoms with Crippen LogP contribution in [0.25, 0.3) is 11.3 Å². The number of carboxylic acids is 1. The summed E-state index contributed by atoms with van der Waals surface area (Å²) >= 11 is 0. The Morgan fingerprint density at radius 1 is 1.17 bits per heavy atom. The minimum Gasteiger partial charge on any atom is -0.497 e. The smallest absolute Gasteiger partial charge is 0.303 e. The number of aromatic nitrogens is 1. The van der Waals surface area contributed by atoms with E-state index < -0.39 is 5.97 Å². The van der Waals surface area contributed by atoms with Gasteiger partial charge in [-0.15, -0.1) is 0 Å². The SMILES string of the molecule is COc1ccc(F)c(-c2noc(CCc3cccc(CCC(=O)O)c3)c2C2CC2)c1. The fourth-order valence-electron chi connectivity index (χ4n) is 3.76. The Labute approximate surface area is 174 Å². The Kier molecular flexibility index (Phi) is 5.84. The molecule has 1 aromatic heterocycles. The largest absolute Gasteiger partial charge is 0.497 e. The van der Waals surface area contributed by atoms with E-state index in [1.165, 1.54) is 6.07 Å². The van der Waals surface area contributed by atoms with E-state index in [1.807, 2.05) is 24.3 Å². The molecule has 1 aliphatic rings. The molecule has 0 spiro atoms. The van der Waals surface area contributed by atoms with E-state index in [4.69, 9.17) is 14.4 Å². The molecular weight excluding hydrogens is 385 g/mol. The number of hydrogen-bond donors (Lipinski definition) is 1. The molecule has 6 heteroatoms. The summed E-state index contributed by atoms with van der Waals surface area (Å²) in [7, 11) is 1.55. The highest BCUT2D eigenvalue weighted by Crippen LogP contribution is 2.47. The summed E-state index contributed by atoms with van der Waals surface area (Å²) in [6.07, 6.45) is 4.14. The zero-order valence-corrected chi connectivity index (χ0v) is 16.9. The summed E-state index contributed by atoms with van der Waals surface area (Å²) in [5.41, 5.74) is 4.10. The van der Waals surface area contributed by atoms with Crippen molar-refractivity contribution >= 4 is 5.97 Å². The van der Waals surface area contributed by atoms with Gasteiger partial charge in [0, 0.05) is 24.0 Å². The maximum absolute atomic E-state index is 14.5. The number of halogens is 1. The van der Waals surface area contributed by atoms with Crippen LogP contribution < -0.4 is 4.74 Å². The van der Waals surface area contributed by atoms with E-state index in [9.17, 15) is 9.18 Å². The molecular formula is C24H24FNO4. The standard InChI is InChI=1S/C24H24FNO4/c1-29-18-9-10-20(25)19(14-18)24-23(17-7-8-17)21(30-26-24)11-5-15-3-2-4-16(13-15)6-12-22(27)28/h2-4,9-10,13-14,17H,5-8,11-12H2,1H3,(H,27,28). The van der Waals surface area contributed by atoms with Gasteiger partial charge in [-0.25, -0.2) is 4.39 Å². The lowest BCUT2D eigenvalue weighted by molar-refractivity contribution is -0.136. The molecule has 0 amide bonds. The van der Waals surface area contributed by atoms with Gasteiger partial charge in [0.1, 0.15) is 23.0 Å². The second-order valence-corrected chi connectivity index (χ2v) is 7.70. The quantitative estimate of drug-likeness (QED) is 0.528. The number of benzene rings is 2. The molecule has 1 heterocycles. The molecule has 4 rings (SSSR count). The number of carboxylic acid groups (broad SMARTS) is 1. The van der Waals surface area contributed by atoms with Gasteiger partial charge in [-0.05, 0) is 60.9 Å². The Balaban J connectivity index is 1.55. The van der Waals surface area contributed by atoms with Crippen molar-refractivity contribution < 1.29 is 23.6 Å². The van der Waals surface area contributed by atoms with E-state index in [1.54, 1.807) is 19.2 Å². The fraction of sp³-hybridized carbons (Fsp3) is 0.333. The first-order valence-electron chi connectivity index (χ1n) is 10.2. The molecule has 3 aromatic rings. The highest BCUT2D eigenvalue weighted by atomic mass is 19.1. The Hall–Kier alpha value is -3.15. The average Bonchev–Trinajstić information content (AvgIpc) is 3.50. The highest BCUT2D eigenvalue weighted by Gasteiger charge is 2.33. The second-order valence-electron chi connectivity index (χ2n) is 7.70. The fourth-order valence-corrected chi connectivity index (χ4v) is 3.76. The zero-order valence-electron chi connectivity index (χ0n) is 16.9. The normalized spacial score (nSPS) is 13.4. The molecule has 1 fully saturated rings. The number of nitrogens with zero attached hydrogens (tertiary/aromatic N) is 1. The van der Waals surface area contributed by atoms with Crippen LogP contribution in [-0.2, 0) is 24.1 Å². The van der Waals surface area contributed by atoms with Gasteiger partial charge < -0.3 is 14.4 Å². The molecule has 1 aliphatic carbocycles. The molecule has 0 saturated heterocycles. The van der Waals surface area contributed by atoms with Crippen LogP contribution in [0.4, 0.5) is 4.39 Å². The number of aliphatic carboxylic acids is 1. The molecule has 156 valence electrons. The minimum absolute atomic E-state index is 0.118. The summed E-state index contributed by atoms with van der Waals surface area (Å²) in [6.45, 7) is 0. The summed E-state index contributed by atoms with van der Waals surface area (Å²) in [6, 6.07) is 12.6. The topological polar surface area (TPSA) is 72.6 Å². The molecule has 0 radical (unpaired) electrons. The third-order valence-electron chi connectivity index (χ3n) is 5.48. The van der Waals surface area contributed by atoms with Gasteiger partial charge in [0.2, 0.25) is 0 Å². The van der Waals surface area contributed by atoms with Crippen molar-refractivity contribution in [3.63, 3.8) is 0 Å². The summed E-state index contributed by atoms with van der Waals surface area (Å²) in [4.78, 5) is 10.8. The van der Waals surface area contributed by atoms with Crippen LogP contribution in [0.3, 0.4) is 0 Å². The zero-order chi connectivity index (χ0) is 21.1. The van der Waals surface area contributed by atoms with E-state index >= 15 is 0 Å². The molecule has 1 saturated carbocycles. The van der Waals surface area contributed by atoms with E-state index in [-0.39, 0.29) is 12.2 Å². The van der Waals surface area contributed by atoms with Gasteiger partial charge in [0.25, 0.3) is 0 Å². The predicted molar refractivity (Wildman–Crippen MR) is 110 cm³/mol. The summed E-state index contributed by atoms with van der Waals surface area (Å²) in [5.74, 6) is 0.590. The van der Waals surface area contributed by atoms with Crippen LogP contribution in [0.2, 0.25) is 0 Å². The van der Waals surface area contributed by atoms with Crippen molar-refractivity contribution in [3.05, 3.63) is 70.7 Å². The molecule has 0 atom stereocenters. The van der Waals surface area contributed by atoms with Gasteiger partial charge in [0.15, 0.2) is 0 Å².